The Balaban J connectivity index is 1.92. The molecule has 8 heteroatoms. The van der Waals surface area contributed by atoms with Gasteiger partial charge in [-0.25, -0.2) is 4.79 Å². The zero-order valence-electron chi connectivity index (χ0n) is 16.3. The van der Waals surface area contributed by atoms with Gasteiger partial charge in [-0.1, -0.05) is 30.3 Å². The Hall–Kier alpha value is -3.13. The third kappa shape index (κ3) is 2.86. The fourth-order valence-corrected chi connectivity index (χ4v) is 3.60. The van der Waals surface area contributed by atoms with E-state index in [2.05, 4.69) is 4.98 Å². The molecule has 3 aromatic heterocycles. The van der Waals surface area contributed by atoms with Gasteiger partial charge in [-0.15, -0.1) is 0 Å². The van der Waals surface area contributed by atoms with Gasteiger partial charge in [0.25, 0.3) is 5.56 Å². The van der Waals surface area contributed by atoms with Crippen LogP contribution in [0.25, 0.3) is 16.9 Å². The molecule has 28 heavy (non-hydrogen) atoms. The van der Waals surface area contributed by atoms with Gasteiger partial charge in [-0.3, -0.25) is 18.3 Å². The first kappa shape index (κ1) is 18.2. The molecule has 0 saturated heterocycles. The number of hydrogen-bond donors (Lipinski definition) is 0. The van der Waals surface area contributed by atoms with Crippen molar-refractivity contribution in [1.82, 2.24) is 23.1 Å². The summed E-state index contributed by atoms with van der Waals surface area (Å²) in [6, 6.07) is 9.49. The van der Waals surface area contributed by atoms with Crippen molar-refractivity contribution in [2.45, 2.75) is 26.4 Å². The maximum absolute atomic E-state index is 13.2. The van der Waals surface area contributed by atoms with Gasteiger partial charge in [0.05, 0.1) is 6.54 Å². The minimum absolute atomic E-state index is 0.225. The molecule has 0 fully saturated rings. The summed E-state index contributed by atoms with van der Waals surface area (Å²) in [7, 11) is 3.33. The van der Waals surface area contributed by atoms with Crippen molar-refractivity contribution >= 4 is 16.9 Å². The number of ether oxygens (including phenoxy) is 1. The average Bonchev–Trinajstić information content (AvgIpc) is 3.20. The molecule has 0 aliphatic carbocycles. The molecule has 0 bridgehead atoms. The van der Waals surface area contributed by atoms with Crippen molar-refractivity contribution in [1.29, 1.82) is 0 Å². The minimum Gasteiger partial charge on any atom is -0.385 e. The molecule has 0 saturated carbocycles. The highest BCUT2D eigenvalue weighted by Crippen LogP contribution is 2.16. The Bertz CT molecular complexity index is 1260. The SMILES string of the molecule is COCCCn1c(C)cn2c3c(=O)n(Cc4ccccc4)c(=O)n(C)c3nc12. The third-order valence-corrected chi connectivity index (χ3v) is 5.05. The van der Waals surface area contributed by atoms with Crippen LogP contribution in [0.1, 0.15) is 17.7 Å². The highest BCUT2D eigenvalue weighted by atomic mass is 16.5. The van der Waals surface area contributed by atoms with Gasteiger partial charge in [0.1, 0.15) is 0 Å². The zero-order chi connectivity index (χ0) is 19.8. The van der Waals surface area contributed by atoms with Gasteiger partial charge in [0.2, 0.25) is 5.78 Å². The quantitative estimate of drug-likeness (QED) is 0.475. The molecule has 0 unspecified atom stereocenters. The number of rotatable bonds is 6. The highest BCUT2D eigenvalue weighted by molar-refractivity contribution is 5.75. The van der Waals surface area contributed by atoms with Crippen LogP contribution < -0.4 is 11.2 Å². The molecule has 3 heterocycles. The Morgan fingerprint density at radius 1 is 1.11 bits per heavy atom. The molecule has 0 N–H and O–H groups in total. The van der Waals surface area contributed by atoms with Crippen molar-refractivity contribution in [3.05, 3.63) is 68.6 Å². The average molecular weight is 381 g/mol. The van der Waals surface area contributed by atoms with Gasteiger partial charge >= 0.3 is 5.69 Å². The summed E-state index contributed by atoms with van der Waals surface area (Å²) < 4.78 is 11.7. The molecular weight excluding hydrogens is 358 g/mol. The fraction of sp³-hybridized carbons (Fsp3) is 0.350. The lowest BCUT2D eigenvalue weighted by atomic mass is 10.2. The zero-order valence-corrected chi connectivity index (χ0v) is 16.3. The number of imidazole rings is 2. The number of benzene rings is 1. The second-order valence-corrected chi connectivity index (χ2v) is 6.94. The summed E-state index contributed by atoms with van der Waals surface area (Å²) in [6.45, 7) is 3.58. The first-order chi connectivity index (χ1) is 13.5. The molecule has 146 valence electrons. The van der Waals surface area contributed by atoms with Crippen LogP contribution in [0, 0.1) is 6.92 Å². The Morgan fingerprint density at radius 3 is 2.57 bits per heavy atom. The number of aryl methyl sites for hydroxylation is 3. The van der Waals surface area contributed by atoms with Crippen LogP contribution in [0.3, 0.4) is 0 Å². The summed E-state index contributed by atoms with van der Waals surface area (Å²) in [6.07, 6.45) is 2.73. The summed E-state index contributed by atoms with van der Waals surface area (Å²) in [5.74, 6) is 0.660. The minimum atomic E-state index is -0.371. The number of fused-ring (bicyclic) bond motifs is 3. The molecule has 0 radical (unpaired) electrons. The third-order valence-electron chi connectivity index (χ3n) is 5.05. The van der Waals surface area contributed by atoms with E-state index in [1.807, 2.05) is 48.0 Å². The number of methoxy groups -OCH3 is 1. The van der Waals surface area contributed by atoms with E-state index in [-0.39, 0.29) is 17.8 Å². The highest BCUT2D eigenvalue weighted by Gasteiger charge is 2.20. The lowest BCUT2D eigenvalue weighted by Gasteiger charge is -2.08. The molecule has 0 aliphatic heterocycles. The largest absolute Gasteiger partial charge is 0.385 e. The van der Waals surface area contributed by atoms with Crippen LogP contribution in [-0.2, 0) is 24.9 Å². The second kappa shape index (κ2) is 7.12. The maximum atomic E-state index is 13.2. The van der Waals surface area contributed by atoms with E-state index in [0.29, 0.717) is 23.5 Å². The first-order valence-electron chi connectivity index (χ1n) is 9.23. The second-order valence-electron chi connectivity index (χ2n) is 6.94. The molecule has 8 nitrogen and oxygen atoms in total. The van der Waals surface area contributed by atoms with Crippen LogP contribution in [-0.4, -0.2) is 36.8 Å². The Morgan fingerprint density at radius 2 is 1.86 bits per heavy atom. The summed E-state index contributed by atoms with van der Waals surface area (Å²) >= 11 is 0. The fourth-order valence-electron chi connectivity index (χ4n) is 3.60. The van der Waals surface area contributed by atoms with E-state index in [1.54, 1.807) is 18.6 Å². The van der Waals surface area contributed by atoms with Crippen molar-refractivity contribution < 1.29 is 4.74 Å². The molecular formula is C20H23N5O3. The molecule has 1 aromatic carbocycles. The van der Waals surface area contributed by atoms with Gasteiger partial charge in [0.15, 0.2) is 11.2 Å². The normalized spacial score (nSPS) is 11.7. The molecule has 0 spiro atoms. The topological polar surface area (TPSA) is 75.5 Å². The first-order valence-corrected chi connectivity index (χ1v) is 9.23. The number of nitrogens with zero attached hydrogens (tertiary/aromatic N) is 5. The molecule has 0 aliphatic rings. The summed E-state index contributed by atoms with van der Waals surface area (Å²) in [5, 5.41) is 0. The van der Waals surface area contributed by atoms with Crippen molar-refractivity contribution in [2.75, 3.05) is 13.7 Å². The van der Waals surface area contributed by atoms with Crippen LogP contribution >= 0.6 is 0 Å². The standard InChI is InChI=1S/C20H23N5O3/c1-14-12-24-16-17(21-19(24)23(14)10-7-11-28-3)22(2)20(27)25(18(16)26)13-15-8-5-4-6-9-15/h4-6,8-9,12H,7,10-11,13H2,1-3H3. The number of aromatic nitrogens is 5. The van der Waals surface area contributed by atoms with E-state index in [0.717, 1.165) is 24.2 Å². The summed E-state index contributed by atoms with van der Waals surface area (Å²) in [4.78, 5) is 30.7. The van der Waals surface area contributed by atoms with Crippen molar-refractivity contribution in [3.8, 4) is 0 Å². The molecule has 4 aromatic rings. The van der Waals surface area contributed by atoms with Gasteiger partial charge in [-0.2, -0.15) is 4.98 Å². The summed E-state index contributed by atoms with van der Waals surface area (Å²) in [5.41, 5.74) is 2.02. The van der Waals surface area contributed by atoms with E-state index in [9.17, 15) is 9.59 Å². The lowest BCUT2D eigenvalue weighted by Crippen LogP contribution is -2.39. The van der Waals surface area contributed by atoms with Gasteiger partial charge in [-0.05, 0) is 18.9 Å². The van der Waals surface area contributed by atoms with Crippen LogP contribution in [0.2, 0.25) is 0 Å². The van der Waals surface area contributed by atoms with E-state index >= 15 is 0 Å². The molecule has 4 rings (SSSR count). The van der Waals surface area contributed by atoms with Crippen LogP contribution in [0.15, 0.2) is 46.1 Å². The smallest absolute Gasteiger partial charge is 0.332 e. The van der Waals surface area contributed by atoms with E-state index < -0.39 is 0 Å². The van der Waals surface area contributed by atoms with Crippen LogP contribution in [0.4, 0.5) is 0 Å². The number of hydrogen-bond acceptors (Lipinski definition) is 4. The monoisotopic (exact) mass is 381 g/mol. The van der Waals surface area contributed by atoms with E-state index in [1.165, 1.54) is 9.13 Å². The molecule has 0 amide bonds. The van der Waals surface area contributed by atoms with Crippen LogP contribution in [0.5, 0.6) is 0 Å². The van der Waals surface area contributed by atoms with Crippen molar-refractivity contribution in [3.63, 3.8) is 0 Å². The Kier molecular flexibility index (Phi) is 4.64. The Labute approximate surface area is 161 Å². The maximum Gasteiger partial charge on any atom is 0.332 e. The van der Waals surface area contributed by atoms with E-state index in [4.69, 9.17) is 4.74 Å². The van der Waals surface area contributed by atoms with Crippen molar-refractivity contribution in [2.24, 2.45) is 7.05 Å². The van der Waals surface area contributed by atoms with Gasteiger partial charge < -0.3 is 9.30 Å². The predicted molar refractivity (Wildman–Crippen MR) is 107 cm³/mol. The molecule has 0 atom stereocenters. The predicted octanol–water partition coefficient (Wildman–Crippen LogP) is 1.54. The van der Waals surface area contributed by atoms with Gasteiger partial charge in [0, 0.05) is 39.2 Å². The lowest BCUT2D eigenvalue weighted by molar-refractivity contribution is 0.190.